The van der Waals surface area contributed by atoms with Crippen LogP contribution in [-0.4, -0.2) is 71.1 Å². The number of nitrogens with two attached hydrogens (primary N) is 1. The van der Waals surface area contributed by atoms with Gasteiger partial charge >= 0.3 is 13.1 Å². The van der Waals surface area contributed by atoms with Crippen molar-refractivity contribution in [3.05, 3.63) is 23.3 Å². The molecule has 5 N–H and O–H groups in total. The van der Waals surface area contributed by atoms with E-state index < -0.39 is 24.4 Å². The van der Waals surface area contributed by atoms with Gasteiger partial charge in [-0.3, -0.25) is 0 Å². The zero-order valence-corrected chi connectivity index (χ0v) is 14.9. The highest BCUT2D eigenvalue weighted by atomic mass is 16.5. The summed E-state index contributed by atoms with van der Waals surface area (Å²) in [4.78, 5) is 11.5. The number of nitrogens with zero attached hydrogens (tertiary/aromatic N) is 1. The molecule has 1 aliphatic carbocycles. The lowest BCUT2D eigenvalue weighted by atomic mass is 9.82. The van der Waals surface area contributed by atoms with Gasteiger partial charge in [-0.2, -0.15) is 0 Å². The number of carboxylic acid groups (broad SMARTS) is 1. The molecule has 0 radical (unpaired) electrons. The van der Waals surface area contributed by atoms with Crippen LogP contribution in [0.2, 0.25) is 6.32 Å². The molecule has 1 aromatic carbocycles. The summed E-state index contributed by atoms with van der Waals surface area (Å²) in [5.74, 6) is -1.90. The average Bonchev–Trinajstić information content (AvgIpc) is 3.21. The van der Waals surface area contributed by atoms with Gasteiger partial charge in [0.1, 0.15) is 18.8 Å². The van der Waals surface area contributed by atoms with Crippen molar-refractivity contribution in [3.8, 4) is 11.5 Å². The zero-order valence-electron chi connectivity index (χ0n) is 14.9. The molecule has 0 atom stereocenters. The molecule has 1 saturated heterocycles. The van der Waals surface area contributed by atoms with Crippen molar-refractivity contribution in [1.29, 1.82) is 0 Å². The second-order valence-corrected chi connectivity index (χ2v) is 8.00. The number of benzene rings is 1. The first-order valence-electron chi connectivity index (χ1n) is 8.82. The first kappa shape index (κ1) is 19.0. The highest BCUT2D eigenvalue weighted by molar-refractivity contribution is 6.41. The van der Waals surface area contributed by atoms with E-state index in [0.29, 0.717) is 0 Å². The Kier molecular flexibility index (Phi) is 4.91. The summed E-state index contributed by atoms with van der Waals surface area (Å²) in [5.41, 5.74) is 5.95. The number of ether oxygens (including phenoxy) is 1. The molecule has 0 unspecified atom stereocenters. The summed E-state index contributed by atoms with van der Waals surface area (Å²) in [6.07, 6.45) is 1.99. The first-order valence-corrected chi connectivity index (χ1v) is 8.82. The van der Waals surface area contributed by atoms with Gasteiger partial charge in [0.05, 0.1) is 24.7 Å². The Bertz CT molecular complexity index is 701. The maximum Gasteiger partial charge on any atom is 0.451 e. The Labute approximate surface area is 152 Å². The molecule has 1 aromatic rings. The lowest BCUT2D eigenvalue weighted by Gasteiger charge is -2.48. The molecule has 1 saturated carbocycles. The Balaban J connectivity index is 1.68. The number of carboxylic acids is 1. The molecular weight excluding hydrogens is 339 g/mol. The quantitative estimate of drug-likeness (QED) is 0.349. The van der Waals surface area contributed by atoms with Crippen LogP contribution in [0.4, 0.5) is 0 Å². The fourth-order valence-electron chi connectivity index (χ4n) is 3.78. The summed E-state index contributed by atoms with van der Waals surface area (Å²) in [6.45, 7) is 2.34. The number of aromatic carboxylic acids is 1. The van der Waals surface area contributed by atoms with Crippen LogP contribution in [-0.2, 0) is 6.42 Å². The predicted octanol–water partition coefficient (Wildman–Crippen LogP) is -0.827. The molecular formula is C17H25BN2O6. The number of likely N-dealkylation sites (N-methyl/N-ethyl adjacent to an activating group) is 1. The van der Waals surface area contributed by atoms with Crippen molar-refractivity contribution in [3.63, 3.8) is 0 Å². The van der Waals surface area contributed by atoms with E-state index in [-0.39, 0.29) is 35.7 Å². The van der Waals surface area contributed by atoms with Gasteiger partial charge in [-0.1, -0.05) is 17.4 Å². The molecule has 3 rings (SSSR count). The second-order valence-electron chi connectivity index (χ2n) is 8.00. The highest BCUT2D eigenvalue weighted by Crippen LogP contribution is 2.38. The minimum atomic E-state index is -1.54. The number of hydrogen-bond acceptors (Lipinski definition) is 6. The van der Waals surface area contributed by atoms with Gasteiger partial charge < -0.3 is 35.2 Å². The van der Waals surface area contributed by atoms with Gasteiger partial charge in [-0.15, -0.1) is 0 Å². The number of hydrogen-bond donors (Lipinski definition) is 4. The van der Waals surface area contributed by atoms with Gasteiger partial charge in [0.15, 0.2) is 6.10 Å². The molecule has 142 valence electrons. The zero-order chi connectivity index (χ0) is 19.1. The number of likely N-dealkylation sites (tertiary alicyclic amines) is 1. The SMILES string of the molecule is C[N+]1(CC2(N)CC2)CC(Oc2ccc(CCB(O)O)c([O-])c2C(=O)O)C1. The molecule has 2 fully saturated rings. The lowest BCUT2D eigenvalue weighted by Crippen LogP contribution is -2.68. The van der Waals surface area contributed by atoms with Crippen LogP contribution in [0.15, 0.2) is 12.1 Å². The van der Waals surface area contributed by atoms with E-state index in [4.69, 9.17) is 20.5 Å². The molecule has 0 aromatic heterocycles. The summed E-state index contributed by atoms with van der Waals surface area (Å²) < 4.78 is 6.59. The Morgan fingerprint density at radius 3 is 2.62 bits per heavy atom. The monoisotopic (exact) mass is 364 g/mol. The molecule has 1 aliphatic heterocycles. The summed E-state index contributed by atoms with van der Waals surface area (Å²) in [6, 6.07) is 2.98. The highest BCUT2D eigenvalue weighted by Gasteiger charge is 2.51. The average molecular weight is 364 g/mol. The maximum absolute atomic E-state index is 12.4. The molecule has 8 nitrogen and oxygen atoms in total. The number of quaternary nitrogens is 1. The van der Waals surface area contributed by atoms with E-state index in [0.717, 1.165) is 37.0 Å². The van der Waals surface area contributed by atoms with E-state index in [2.05, 4.69) is 7.05 Å². The maximum atomic E-state index is 12.4. The summed E-state index contributed by atoms with van der Waals surface area (Å²) in [5, 5.41) is 39.7. The van der Waals surface area contributed by atoms with E-state index >= 15 is 0 Å². The molecule has 2 aliphatic rings. The van der Waals surface area contributed by atoms with Gasteiger partial charge in [-0.25, -0.2) is 4.79 Å². The van der Waals surface area contributed by atoms with Gasteiger partial charge in [0, 0.05) is 0 Å². The minimum Gasteiger partial charge on any atom is -0.872 e. The fourth-order valence-corrected chi connectivity index (χ4v) is 3.78. The Morgan fingerprint density at radius 2 is 2.08 bits per heavy atom. The van der Waals surface area contributed by atoms with Crippen LogP contribution in [0.3, 0.4) is 0 Å². The van der Waals surface area contributed by atoms with Crippen molar-refractivity contribution in [2.75, 3.05) is 26.7 Å². The van der Waals surface area contributed by atoms with Crippen LogP contribution >= 0.6 is 0 Å². The second kappa shape index (κ2) is 6.73. The first-order chi connectivity index (χ1) is 12.1. The molecule has 1 heterocycles. The third kappa shape index (κ3) is 4.12. The topological polar surface area (TPSA) is 136 Å². The van der Waals surface area contributed by atoms with Crippen molar-refractivity contribution in [2.45, 2.75) is 37.2 Å². The standard InChI is InChI=1S/C17H25BN2O6/c1-20(10-17(19)5-6-17)8-12(9-20)26-13-3-2-11(4-7-18(24)25)15(21)14(13)16(22)23/h2-3,12,24-25H,4-10,19H2,1H3,(H-,21,22,23). The van der Waals surface area contributed by atoms with Crippen LogP contribution < -0.4 is 15.6 Å². The molecule has 0 spiro atoms. The molecule has 26 heavy (non-hydrogen) atoms. The minimum absolute atomic E-state index is 0.0339. The van der Waals surface area contributed by atoms with Crippen LogP contribution in [0.1, 0.15) is 28.8 Å². The van der Waals surface area contributed by atoms with Crippen LogP contribution in [0, 0.1) is 0 Å². The number of carbonyl (C=O) groups is 1. The van der Waals surface area contributed by atoms with Gasteiger partial charge in [0.2, 0.25) is 0 Å². The van der Waals surface area contributed by atoms with Gasteiger partial charge in [-0.05, 0) is 31.6 Å². The largest absolute Gasteiger partial charge is 0.872 e. The van der Waals surface area contributed by atoms with Crippen molar-refractivity contribution < 1.29 is 34.3 Å². The van der Waals surface area contributed by atoms with Crippen molar-refractivity contribution in [1.82, 2.24) is 0 Å². The van der Waals surface area contributed by atoms with Crippen LogP contribution in [0.25, 0.3) is 0 Å². The van der Waals surface area contributed by atoms with E-state index in [9.17, 15) is 15.0 Å². The summed E-state index contributed by atoms with van der Waals surface area (Å²) in [7, 11) is 0.564. The molecule has 9 heteroatoms. The fraction of sp³-hybridized carbons (Fsp3) is 0.588. The third-order valence-corrected chi connectivity index (χ3v) is 5.26. The van der Waals surface area contributed by atoms with Crippen LogP contribution in [0.5, 0.6) is 11.5 Å². The molecule has 0 bridgehead atoms. The van der Waals surface area contributed by atoms with E-state index in [1.165, 1.54) is 12.1 Å². The number of rotatable bonds is 8. The number of aryl methyl sites for hydroxylation is 1. The Hall–Kier alpha value is -1.81. The Morgan fingerprint density at radius 1 is 1.42 bits per heavy atom. The van der Waals surface area contributed by atoms with Crippen molar-refractivity contribution >= 4 is 13.1 Å². The predicted molar refractivity (Wildman–Crippen MR) is 92.9 cm³/mol. The smallest absolute Gasteiger partial charge is 0.451 e. The van der Waals surface area contributed by atoms with E-state index in [1.54, 1.807) is 0 Å². The van der Waals surface area contributed by atoms with E-state index in [1.807, 2.05) is 0 Å². The normalized spacial score (nSPS) is 26.1. The molecule has 0 amide bonds. The summed E-state index contributed by atoms with van der Waals surface area (Å²) >= 11 is 0. The van der Waals surface area contributed by atoms with Gasteiger partial charge in [0.25, 0.3) is 0 Å². The third-order valence-electron chi connectivity index (χ3n) is 5.26. The lowest BCUT2D eigenvalue weighted by molar-refractivity contribution is -0.955. The van der Waals surface area contributed by atoms with Crippen molar-refractivity contribution in [2.24, 2.45) is 5.73 Å².